The molecule has 6 heteroatoms. The van der Waals surface area contributed by atoms with Gasteiger partial charge in [-0.25, -0.2) is 8.42 Å². The number of carbonyl (C=O) groups is 1. The Hall–Kier alpha value is -1.30. The molecule has 1 aliphatic rings. The quantitative estimate of drug-likeness (QED) is 0.785. The molecule has 1 saturated heterocycles. The minimum absolute atomic E-state index is 0.0264. The van der Waals surface area contributed by atoms with E-state index < -0.39 is 9.84 Å². The number of aryl methyl sites for hydroxylation is 2. The van der Waals surface area contributed by atoms with Gasteiger partial charge in [0.2, 0.25) is 0 Å². The maximum Gasteiger partial charge on any atom is 0.289 e. The summed E-state index contributed by atoms with van der Waals surface area (Å²) in [5.74, 6) is 0.828. The molecule has 0 N–H and O–H groups in total. The fraction of sp³-hybridized carbons (Fsp3) is 0.615. The molecule has 2 rings (SSSR count). The SMILES string of the molecule is Cc1cc(C)c(C(=O)N2CC[C@@H](C)S(=O)(=O)CC2)o1. The van der Waals surface area contributed by atoms with Crippen molar-refractivity contribution in [2.24, 2.45) is 0 Å². The van der Waals surface area contributed by atoms with E-state index in [-0.39, 0.29) is 23.5 Å². The first-order chi connectivity index (χ1) is 8.81. The molecule has 0 aliphatic carbocycles. The van der Waals surface area contributed by atoms with Crippen LogP contribution in [0.15, 0.2) is 10.5 Å². The number of nitrogens with zero attached hydrogens (tertiary/aromatic N) is 1. The van der Waals surface area contributed by atoms with Crippen LogP contribution < -0.4 is 0 Å². The molecule has 1 fully saturated rings. The highest BCUT2D eigenvalue weighted by atomic mass is 32.2. The molecule has 0 spiro atoms. The van der Waals surface area contributed by atoms with E-state index in [2.05, 4.69) is 0 Å². The second-order valence-corrected chi connectivity index (χ2v) is 7.67. The van der Waals surface area contributed by atoms with E-state index in [0.29, 0.717) is 24.5 Å². The minimum atomic E-state index is -3.08. The van der Waals surface area contributed by atoms with Gasteiger partial charge in [-0.3, -0.25) is 4.79 Å². The Morgan fingerprint density at radius 1 is 1.37 bits per heavy atom. The standard InChI is InChI=1S/C13H19NO4S/c1-9-8-10(2)18-12(9)13(15)14-5-4-11(3)19(16,17)7-6-14/h8,11H,4-7H2,1-3H3/t11-/m1/s1. The Labute approximate surface area is 113 Å². The Morgan fingerprint density at radius 2 is 2.05 bits per heavy atom. The summed E-state index contributed by atoms with van der Waals surface area (Å²) in [5.41, 5.74) is 0.794. The largest absolute Gasteiger partial charge is 0.456 e. The van der Waals surface area contributed by atoms with Crippen molar-refractivity contribution in [1.29, 1.82) is 0 Å². The van der Waals surface area contributed by atoms with Gasteiger partial charge in [0.1, 0.15) is 5.76 Å². The fourth-order valence-corrected chi connectivity index (χ4v) is 3.61. The number of carbonyl (C=O) groups excluding carboxylic acids is 1. The highest BCUT2D eigenvalue weighted by molar-refractivity contribution is 7.92. The third-order valence-corrected chi connectivity index (χ3v) is 5.80. The minimum Gasteiger partial charge on any atom is -0.456 e. The summed E-state index contributed by atoms with van der Waals surface area (Å²) in [4.78, 5) is 13.9. The number of hydrogen-bond donors (Lipinski definition) is 0. The number of sulfone groups is 1. The maximum absolute atomic E-state index is 12.3. The second-order valence-electron chi connectivity index (χ2n) is 5.13. The summed E-state index contributed by atoms with van der Waals surface area (Å²) in [6, 6.07) is 1.81. The Morgan fingerprint density at radius 3 is 2.63 bits per heavy atom. The number of hydrogen-bond acceptors (Lipinski definition) is 4. The first kappa shape index (κ1) is 14.1. The maximum atomic E-state index is 12.3. The van der Waals surface area contributed by atoms with Gasteiger partial charge in [0.15, 0.2) is 15.6 Å². The number of furan rings is 1. The van der Waals surface area contributed by atoms with Crippen molar-refractivity contribution in [3.05, 3.63) is 23.2 Å². The summed E-state index contributed by atoms with van der Waals surface area (Å²) < 4.78 is 29.0. The lowest BCUT2D eigenvalue weighted by molar-refractivity contribution is 0.0732. The zero-order valence-electron chi connectivity index (χ0n) is 11.5. The van der Waals surface area contributed by atoms with Crippen LogP contribution in [-0.2, 0) is 9.84 Å². The molecule has 0 unspecified atom stereocenters. The van der Waals surface area contributed by atoms with Crippen molar-refractivity contribution in [3.8, 4) is 0 Å². The summed E-state index contributed by atoms with van der Waals surface area (Å²) in [6.07, 6.45) is 0.479. The monoisotopic (exact) mass is 285 g/mol. The average Bonchev–Trinajstić information content (AvgIpc) is 2.60. The van der Waals surface area contributed by atoms with Crippen LogP contribution in [0.2, 0.25) is 0 Å². The molecule has 1 amide bonds. The molecule has 0 saturated carbocycles. The molecular weight excluding hydrogens is 266 g/mol. The van der Waals surface area contributed by atoms with Gasteiger partial charge in [-0.05, 0) is 33.3 Å². The van der Waals surface area contributed by atoms with Crippen molar-refractivity contribution in [2.75, 3.05) is 18.8 Å². The smallest absolute Gasteiger partial charge is 0.289 e. The zero-order valence-corrected chi connectivity index (χ0v) is 12.3. The van der Waals surface area contributed by atoms with Crippen LogP contribution in [0.4, 0.5) is 0 Å². The van der Waals surface area contributed by atoms with Gasteiger partial charge in [-0.2, -0.15) is 0 Å². The Balaban J connectivity index is 2.19. The highest BCUT2D eigenvalue weighted by Gasteiger charge is 2.30. The molecule has 5 nitrogen and oxygen atoms in total. The van der Waals surface area contributed by atoms with Crippen molar-refractivity contribution >= 4 is 15.7 Å². The summed E-state index contributed by atoms with van der Waals surface area (Å²) in [6.45, 7) is 6.01. The summed E-state index contributed by atoms with van der Waals surface area (Å²) in [5, 5.41) is -0.385. The molecule has 0 bridgehead atoms. The normalized spacial score (nSPS) is 23.1. The summed E-state index contributed by atoms with van der Waals surface area (Å²) in [7, 11) is -3.08. The van der Waals surface area contributed by atoms with Crippen molar-refractivity contribution in [2.45, 2.75) is 32.4 Å². The molecule has 1 aromatic rings. The van der Waals surface area contributed by atoms with Gasteiger partial charge >= 0.3 is 0 Å². The van der Waals surface area contributed by atoms with Crippen LogP contribution in [0.5, 0.6) is 0 Å². The highest BCUT2D eigenvalue weighted by Crippen LogP contribution is 2.19. The lowest BCUT2D eigenvalue weighted by Gasteiger charge is -2.18. The van der Waals surface area contributed by atoms with Gasteiger partial charge in [0, 0.05) is 18.7 Å². The van der Waals surface area contributed by atoms with E-state index in [1.807, 2.05) is 13.0 Å². The van der Waals surface area contributed by atoms with E-state index in [1.165, 1.54) is 0 Å². The van der Waals surface area contributed by atoms with Gasteiger partial charge in [-0.15, -0.1) is 0 Å². The first-order valence-corrected chi connectivity index (χ1v) is 8.10. The molecular formula is C13H19NO4S. The van der Waals surface area contributed by atoms with Crippen LogP contribution in [-0.4, -0.2) is 43.3 Å². The van der Waals surface area contributed by atoms with Crippen LogP contribution in [0.25, 0.3) is 0 Å². The van der Waals surface area contributed by atoms with Crippen molar-refractivity contribution < 1.29 is 17.6 Å². The third-order valence-electron chi connectivity index (χ3n) is 3.59. The first-order valence-electron chi connectivity index (χ1n) is 6.39. The second kappa shape index (κ2) is 5.00. The topological polar surface area (TPSA) is 67.6 Å². The van der Waals surface area contributed by atoms with E-state index in [9.17, 15) is 13.2 Å². The van der Waals surface area contributed by atoms with Crippen LogP contribution in [0.1, 0.15) is 35.2 Å². The molecule has 1 aliphatic heterocycles. The summed E-state index contributed by atoms with van der Waals surface area (Å²) >= 11 is 0. The molecule has 19 heavy (non-hydrogen) atoms. The molecule has 0 radical (unpaired) electrons. The number of amides is 1. The van der Waals surface area contributed by atoms with Crippen molar-refractivity contribution in [1.82, 2.24) is 4.90 Å². The predicted molar refractivity (Wildman–Crippen MR) is 72.0 cm³/mol. The lowest BCUT2D eigenvalue weighted by Crippen LogP contribution is -2.33. The fourth-order valence-electron chi connectivity index (χ4n) is 2.27. The predicted octanol–water partition coefficient (Wildman–Crippen LogP) is 1.55. The van der Waals surface area contributed by atoms with Crippen LogP contribution in [0, 0.1) is 13.8 Å². The average molecular weight is 285 g/mol. The van der Waals surface area contributed by atoms with E-state index >= 15 is 0 Å². The molecule has 1 atom stereocenters. The van der Waals surface area contributed by atoms with Gasteiger partial charge < -0.3 is 9.32 Å². The molecule has 0 aromatic carbocycles. The van der Waals surface area contributed by atoms with Crippen molar-refractivity contribution in [3.63, 3.8) is 0 Å². The van der Waals surface area contributed by atoms with Gasteiger partial charge in [0.05, 0.1) is 11.0 Å². The van der Waals surface area contributed by atoms with E-state index in [0.717, 1.165) is 5.56 Å². The molecule has 1 aromatic heterocycles. The van der Waals surface area contributed by atoms with Gasteiger partial charge in [-0.1, -0.05) is 0 Å². The lowest BCUT2D eigenvalue weighted by atomic mass is 10.2. The molecule has 2 heterocycles. The Kier molecular flexibility index (Phi) is 3.71. The number of rotatable bonds is 1. The van der Waals surface area contributed by atoms with E-state index in [4.69, 9.17) is 4.42 Å². The third kappa shape index (κ3) is 2.83. The zero-order chi connectivity index (χ0) is 14.2. The van der Waals surface area contributed by atoms with Crippen LogP contribution in [0.3, 0.4) is 0 Å². The molecule has 106 valence electrons. The Bertz CT molecular complexity index is 588. The van der Waals surface area contributed by atoms with Gasteiger partial charge in [0.25, 0.3) is 5.91 Å². The van der Waals surface area contributed by atoms with Crippen LogP contribution >= 0.6 is 0 Å². The van der Waals surface area contributed by atoms with E-state index in [1.54, 1.807) is 18.7 Å².